The van der Waals surface area contributed by atoms with Crippen molar-refractivity contribution in [3.63, 3.8) is 0 Å². The first kappa shape index (κ1) is 13.3. The number of aromatic amines is 1. The molecule has 2 N–H and O–H groups in total. The van der Waals surface area contributed by atoms with E-state index in [1.165, 1.54) is 4.31 Å². The van der Waals surface area contributed by atoms with Crippen molar-refractivity contribution in [3.05, 3.63) is 24.0 Å². The zero-order chi connectivity index (χ0) is 13.3. The number of aliphatic hydroxyl groups excluding tert-OH is 1. The second kappa shape index (κ2) is 4.83. The molecule has 0 aromatic carbocycles. The van der Waals surface area contributed by atoms with E-state index in [4.69, 9.17) is 0 Å². The highest BCUT2D eigenvalue weighted by Crippen LogP contribution is 2.33. The van der Waals surface area contributed by atoms with E-state index in [1.54, 1.807) is 13.0 Å². The molecule has 0 unspecified atom stereocenters. The Hall–Kier alpha value is -1.18. The summed E-state index contributed by atoms with van der Waals surface area (Å²) in [6.45, 7) is 5.11. The third-order valence-electron chi connectivity index (χ3n) is 2.94. The first-order chi connectivity index (χ1) is 8.52. The van der Waals surface area contributed by atoms with E-state index in [9.17, 15) is 13.5 Å². The van der Waals surface area contributed by atoms with Crippen LogP contribution in [-0.4, -0.2) is 40.6 Å². The van der Waals surface area contributed by atoms with Crippen molar-refractivity contribution in [3.8, 4) is 0 Å². The Morgan fingerprint density at radius 1 is 1.61 bits per heavy atom. The average Bonchev–Trinajstić information content (AvgIpc) is 3.08. The number of H-pyrrole nitrogens is 1. The van der Waals surface area contributed by atoms with E-state index in [0.29, 0.717) is 5.69 Å². The van der Waals surface area contributed by atoms with E-state index in [-0.39, 0.29) is 23.2 Å². The maximum atomic E-state index is 12.6. The van der Waals surface area contributed by atoms with Crippen molar-refractivity contribution in [2.24, 2.45) is 0 Å². The molecule has 0 bridgehead atoms. The summed E-state index contributed by atoms with van der Waals surface area (Å²) >= 11 is 0. The Bertz CT molecular complexity index is 546. The number of aryl methyl sites for hydroxylation is 1. The molecule has 1 fully saturated rings. The second-order valence-electron chi connectivity index (χ2n) is 4.38. The van der Waals surface area contributed by atoms with Crippen LogP contribution in [-0.2, 0) is 16.6 Å². The molecule has 2 rings (SSSR count). The van der Waals surface area contributed by atoms with Crippen LogP contribution in [0, 0.1) is 6.92 Å². The molecule has 0 aliphatic heterocycles. The van der Waals surface area contributed by atoms with Gasteiger partial charge in [-0.25, -0.2) is 8.42 Å². The largest absolute Gasteiger partial charge is 0.390 e. The maximum Gasteiger partial charge on any atom is 0.247 e. The van der Waals surface area contributed by atoms with Gasteiger partial charge in [-0.05, 0) is 19.8 Å². The number of aliphatic hydroxyl groups is 1. The Labute approximate surface area is 106 Å². The minimum absolute atomic E-state index is 0.0499. The van der Waals surface area contributed by atoms with Gasteiger partial charge in [0.05, 0.1) is 12.3 Å². The van der Waals surface area contributed by atoms with Crippen LogP contribution < -0.4 is 0 Å². The van der Waals surface area contributed by atoms with Crippen LogP contribution in [0.3, 0.4) is 0 Å². The summed E-state index contributed by atoms with van der Waals surface area (Å²) in [5, 5.41) is 15.6. The first-order valence-corrected chi connectivity index (χ1v) is 7.23. The molecule has 100 valence electrons. The predicted octanol–water partition coefficient (Wildman–Crippen LogP) is 0.550. The van der Waals surface area contributed by atoms with Crippen molar-refractivity contribution < 1.29 is 13.5 Å². The summed E-state index contributed by atoms with van der Waals surface area (Å²) in [6, 6.07) is 0.0499. The molecule has 7 heteroatoms. The fourth-order valence-electron chi connectivity index (χ4n) is 1.97. The summed E-state index contributed by atoms with van der Waals surface area (Å²) in [5.41, 5.74) is 0.621. The van der Waals surface area contributed by atoms with Gasteiger partial charge < -0.3 is 5.11 Å². The van der Waals surface area contributed by atoms with Crippen LogP contribution in [0.2, 0.25) is 0 Å². The van der Waals surface area contributed by atoms with Gasteiger partial charge in [0.2, 0.25) is 10.0 Å². The molecule has 1 aromatic heterocycles. The Kier molecular flexibility index (Phi) is 3.56. The minimum atomic E-state index is -3.62. The number of hydrogen-bond donors (Lipinski definition) is 2. The van der Waals surface area contributed by atoms with Crippen LogP contribution in [0.4, 0.5) is 0 Å². The molecule has 1 aromatic rings. The fourth-order valence-corrected chi connectivity index (χ4v) is 3.95. The Morgan fingerprint density at radius 2 is 2.28 bits per heavy atom. The number of nitrogens with zero attached hydrogens (tertiary/aromatic N) is 2. The smallest absolute Gasteiger partial charge is 0.247 e. The van der Waals surface area contributed by atoms with Crippen molar-refractivity contribution in [1.29, 1.82) is 0 Å². The molecule has 18 heavy (non-hydrogen) atoms. The normalized spacial score (nSPS) is 16.2. The SMILES string of the molecule is C=CCN(C1CC1)S(=O)(=O)c1c(CO)n[nH]c1C. The van der Waals surface area contributed by atoms with Gasteiger partial charge in [-0.2, -0.15) is 9.40 Å². The standard InChI is InChI=1S/C11H17N3O3S/c1-3-6-14(9-4-5-9)18(16,17)11-8(2)12-13-10(11)7-15/h3,9,15H,1,4-7H2,2H3,(H,12,13). The lowest BCUT2D eigenvalue weighted by Crippen LogP contribution is -2.34. The zero-order valence-corrected chi connectivity index (χ0v) is 11.1. The number of rotatable bonds is 6. The maximum absolute atomic E-state index is 12.6. The molecular formula is C11H17N3O3S. The van der Waals surface area contributed by atoms with Crippen molar-refractivity contribution >= 4 is 10.0 Å². The highest BCUT2D eigenvalue weighted by Gasteiger charge is 2.39. The third-order valence-corrected chi connectivity index (χ3v) is 5.06. The quantitative estimate of drug-likeness (QED) is 0.740. The second-order valence-corrected chi connectivity index (χ2v) is 6.20. The van der Waals surface area contributed by atoms with Gasteiger partial charge >= 0.3 is 0 Å². The predicted molar refractivity (Wildman–Crippen MR) is 66.4 cm³/mol. The molecule has 0 radical (unpaired) electrons. The number of nitrogens with one attached hydrogen (secondary N) is 1. The summed E-state index contributed by atoms with van der Waals surface area (Å²) in [4.78, 5) is 0.0961. The number of hydrogen-bond acceptors (Lipinski definition) is 4. The summed E-state index contributed by atoms with van der Waals surface area (Å²) in [5.74, 6) is 0. The highest BCUT2D eigenvalue weighted by atomic mass is 32.2. The first-order valence-electron chi connectivity index (χ1n) is 5.79. The monoisotopic (exact) mass is 271 g/mol. The van der Waals surface area contributed by atoms with Gasteiger partial charge in [0.25, 0.3) is 0 Å². The van der Waals surface area contributed by atoms with E-state index in [1.807, 2.05) is 0 Å². The molecule has 1 aliphatic carbocycles. The Morgan fingerprint density at radius 3 is 2.78 bits per heavy atom. The van der Waals surface area contributed by atoms with Crippen LogP contribution in [0.15, 0.2) is 17.6 Å². The molecule has 0 atom stereocenters. The minimum Gasteiger partial charge on any atom is -0.390 e. The fraction of sp³-hybridized carbons (Fsp3) is 0.545. The topological polar surface area (TPSA) is 86.3 Å². The molecule has 1 heterocycles. The van der Waals surface area contributed by atoms with Crippen LogP contribution in [0.1, 0.15) is 24.2 Å². The highest BCUT2D eigenvalue weighted by molar-refractivity contribution is 7.89. The average molecular weight is 271 g/mol. The van der Waals surface area contributed by atoms with Gasteiger partial charge in [0.15, 0.2) is 0 Å². The summed E-state index contributed by atoms with van der Waals surface area (Å²) in [6.07, 6.45) is 3.32. The Balaban J connectivity index is 2.45. The van der Waals surface area contributed by atoms with Crippen LogP contribution in [0.5, 0.6) is 0 Å². The lowest BCUT2D eigenvalue weighted by molar-refractivity contribution is 0.273. The van der Waals surface area contributed by atoms with Crippen LogP contribution in [0.25, 0.3) is 0 Å². The van der Waals surface area contributed by atoms with E-state index >= 15 is 0 Å². The summed E-state index contributed by atoms with van der Waals surface area (Å²) in [7, 11) is -3.62. The van der Waals surface area contributed by atoms with Crippen molar-refractivity contribution in [1.82, 2.24) is 14.5 Å². The molecule has 0 saturated heterocycles. The third kappa shape index (κ3) is 2.21. The molecular weight excluding hydrogens is 254 g/mol. The van der Waals surface area contributed by atoms with Gasteiger partial charge in [0.1, 0.15) is 10.6 Å². The van der Waals surface area contributed by atoms with E-state index in [2.05, 4.69) is 16.8 Å². The molecule has 6 nitrogen and oxygen atoms in total. The summed E-state index contributed by atoms with van der Waals surface area (Å²) < 4.78 is 26.6. The molecule has 1 saturated carbocycles. The van der Waals surface area contributed by atoms with Crippen molar-refractivity contribution in [2.75, 3.05) is 6.54 Å². The van der Waals surface area contributed by atoms with Gasteiger partial charge in [-0.3, -0.25) is 5.10 Å². The molecule has 1 aliphatic rings. The van der Waals surface area contributed by atoms with E-state index < -0.39 is 16.6 Å². The zero-order valence-electron chi connectivity index (χ0n) is 10.3. The number of aromatic nitrogens is 2. The van der Waals surface area contributed by atoms with Crippen LogP contribution >= 0.6 is 0 Å². The van der Waals surface area contributed by atoms with Gasteiger partial charge in [0, 0.05) is 12.6 Å². The van der Waals surface area contributed by atoms with E-state index in [0.717, 1.165) is 12.8 Å². The van der Waals surface area contributed by atoms with Gasteiger partial charge in [-0.15, -0.1) is 6.58 Å². The lowest BCUT2D eigenvalue weighted by Gasteiger charge is -2.20. The lowest BCUT2D eigenvalue weighted by atomic mass is 10.4. The van der Waals surface area contributed by atoms with Gasteiger partial charge in [-0.1, -0.05) is 6.08 Å². The van der Waals surface area contributed by atoms with Crippen molar-refractivity contribution in [2.45, 2.75) is 37.3 Å². The molecule has 0 amide bonds. The number of sulfonamides is 1. The molecule has 0 spiro atoms.